The summed E-state index contributed by atoms with van der Waals surface area (Å²) in [6.07, 6.45) is 6.81. The van der Waals surface area contributed by atoms with Crippen LogP contribution in [-0.2, 0) is 17.9 Å². The lowest BCUT2D eigenvalue weighted by molar-refractivity contribution is -0.128. The van der Waals surface area contributed by atoms with Crippen molar-refractivity contribution in [3.63, 3.8) is 0 Å². The standard InChI is InChI=1S/C24H25N3O2/c28-23-14-19(16-27(23)20-10-11-20)15-26-13-12-25-24(26)21-8-4-5-9-22(21)29-17-18-6-2-1-3-7-18/h1-9,12-13,19-20H,10-11,14-17H2. The van der Waals surface area contributed by atoms with E-state index < -0.39 is 0 Å². The fourth-order valence-corrected chi connectivity index (χ4v) is 4.16. The number of amides is 1. The first kappa shape index (κ1) is 18.0. The second kappa shape index (κ2) is 7.74. The third-order valence-corrected chi connectivity index (χ3v) is 5.76. The van der Waals surface area contributed by atoms with E-state index in [4.69, 9.17) is 4.74 Å². The van der Waals surface area contributed by atoms with Gasteiger partial charge in [-0.25, -0.2) is 4.98 Å². The van der Waals surface area contributed by atoms with E-state index >= 15 is 0 Å². The van der Waals surface area contributed by atoms with Crippen molar-refractivity contribution >= 4 is 5.91 Å². The highest BCUT2D eigenvalue weighted by molar-refractivity contribution is 5.79. The fourth-order valence-electron chi connectivity index (χ4n) is 4.16. The molecule has 1 atom stereocenters. The van der Waals surface area contributed by atoms with Crippen LogP contribution in [0.4, 0.5) is 0 Å². The predicted molar refractivity (Wildman–Crippen MR) is 111 cm³/mol. The molecule has 2 heterocycles. The molecule has 1 amide bonds. The molecule has 3 aromatic rings. The van der Waals surface area contributed by atoms with Crippen LogP contribution in [0, 0.1) is 5.92 Å². The molecule has 1 aliphatic carbocycles. The van der Waals surface area contributed by atoms with Crippen molar-refractivity contribution in [2.45, 2.75) is 38.5 Å². The molecule has 2 fully saturated rings. The lowest BCUT2D eigenvalue weighted by Crippen LogP contribution is -2.27. The number of likely N-dealkylation sites (tertiary alicyclic amines) is 1. The molecule has 5 nitrogen and oxygen atoms in total. The summed E-state index contributed by atoms with van der Waals surface area (Å²) in [6, 6.07) is 18.7. The number of para-hydroxylation sites is 1. The lowest BCUT2D eigenvalue weighted by atomic mass is 10.1. The first-order valence-electron chi connectivity index (χ1n) is 10.3. The highest BCUT2D eigenvalue weighted by atomic mass is 16.5. The summed E-state index contributed by atoms with van der Waals surface area (Å²) in [5.74, 6) is 2.37. The number of ether oxygens (including phenoxy) is 1. The van der Waals surface area contributed by atoms with E-state index in [1.807, 2.05) is 48.8 Å². The van der Waals surface area contributed by atoms with Crippen LogP contribution in [0.15, 0.2) is 67.0 Å². The fraction of sp³-hybridized carbons (Fsp3) is 0.333. The van der Waals surface area contributed by atoms with Crippen molar-refractivity contribution in [2.75, 3.05) is 6.54 Å². The van der Waals surface area contributed by atoms with Gasteiger partial charge in [0, 0.05) is 43.9 Å². The SMILES string of the molecule is O=C1CC(Cn2ccnc2-c2ccccc2OCc2ccccc2)CN1C1CC1. The van der Waals surface area contributed by atoms with Crippen LogP contribution < -0.4 is 4.74 Å². The quantitative estimate of drug-likeness (QED) is 0.612. The van der Waals surface area contributed by atoms with Gasteiger partial charge in [-0.2, -0.15) is 0 Å². The van der Waals surface area contributed by atoms with Crippen molar-refractivity contribution in [1.29, 1.82) is 0 Å². The molecule has 2 aromatic carbocycles. The number of carbonyl (C=O) groups excluding carboxylic acids is 1. The number of hydrogen-bond donors (Lipinski definition) is 0. The normalized spacial score (nSPS) is 19.0. The summed E-state index contributed by atoms with van der Waals surface area (Å²) in [5, 5.41) is 0. The van der Waals surface area contributed by atoms with E-state index in [0.29, 0.717) is 30.9 Å². The molecule has 0 bridgehead atoms. The van der Waals surface area contributed by atoms with Gasteiger partial charge in [0.1, 0.15) is 18.2 Å². The van der Waals surface area contributed by atoms with Gasteiger partial charge in [-0.05, 0) is 30.5 Å². The Labute approximate surface area is 170 Å². The van der Waals surface area contributed by atoms with E-state index in [-0.39, 0.29) is 0 Å². The number of aromatic nitrogens is 2. The van der Waals surface area contributed by atoms with Gasteiger partial charge in [0.25, 0.3) is 0 Å². The summed E-state index contributed by atoms with van der Waals surface area (Å²) in [7, 11) is 0. The second-order valence-electron chi connectivity index (χ2n) is 8.02. The highest BCUT2D eigenvalue weighted by Crippen LogP contribution is 2.34. The number of nitrogens with zero attached hydrogens (tertiary/aromatic N) is 3. The van der Waals surface area contributed by atoms with E-state index in [0.717, 1.165) is 35.8 Å². The molecular formula is C24H25N3O2. The Bertz CT molecular complexity index is 994. The average Bonchev–Trinajstić information content (AvgIpc) is 3.38. The van der Waals surface area contributed by atoms with Crippen molar-refractivity contribution in [1.82, 2.24) is 14.5 Å². The van der Waals surface area contributed by atoms with Crippen molar-refractivity contribution in [3.05, 3.63) is 72.6 Å². The molecule has 5 heteroatoms. The van der Waals surface area contributed by atoms with Crippen LogP contribution in [0.25, 0.3) is 11.4 Å². The molecule has 0 radical (unpaired) electrons. The first-order chi connectivity index (χ1) is 14.3. The maximum atomic E-state index is 12.3. The Balaban J connectivity index is 1.33. The van der Waals surface area contributed by atoms with Crippen LogP contribution in [-0.4, -0.2) is 32.9 Å². The highest BCUT2D eigenvalue weighted by Gasteiger charge is 2.39. The molecule has 5 rings (SSSR count). The minimum Gasteiger partial charge on any atom is -0.488 e. The van der Waals surface area contributed by atoms with Crippen molar-refractivity contribution in [3.8, 4) is 17.1 Å². The Morgan fingerprint density at radius 3 is 2.66 bits per heavy atom. The monoisotopic (exact) mass is 387 g/mol. The number of carbonyl (C=O) groups is 1. The predicted octanol–water partition coefficient (Wildman–Crippen LogP) is 4.14. The Kier molecular flexibility index (Phi) is 4.80. The lowest BCUT2D eigenvalue weighted by Gasteiger charge is -2.17. The van der Waals surface area contributed by atoms with Crippen LogP contribution in [0.3, 0.4) is 0 Å². The van der Waals surface area contributed by atoms with Gasteiger partial charge >= 0.3 is 0 Å². The van der Waals surface area contributed by atoms with Gasteiger partial charge in [-0.3, -0.25) is 4.79 Å². The van der Waals surface area contributed by atoms with E-state index in [2.05, 4.69) is 32.7 Å². The minimum atomic E-state index is 0.311. The summed E-state index contributed by atoms with van der Waals surface area (Å²) >= 11 is 0. The van der Waals surface area contributed by atoms with Crippen LogP contribution in [0.5, 0.6) is 5.75 Å². The van der Waals surface area contributed by atoms with Crippen LogP contribution >= 0.6 is 0 Å². The maximum Gasteiger partial charge on any atom is 0.223 e. The Hall–Kier alpha value is -3.08. The molecule has 1 aliphatic heterocycles. The molecule has 2 aliphatic rings. The average molecular weight is 387 g/mol. The number of hydrogen-bond acceptors (Lipinski definition) is 3. The van der Waals surface area contributed by atoms with Gasteiger partial charge < -0.3 is 14.2 Å². The van der Waals surface area contributed by atoms with Gasteiger partial charge in [-0.15, -0.1) is 0 Å². The third kappa shape index (κ3) is 3.90. The third-order valence-electron chi connectivity index (χ3n) is 5.76. The maximum absolute atomic E-state index is 12.3. The van der Waals surface area contributed by atoms with Gasteiger partial charge in [0.05, 0.1) is 5.56 Å². The van der Waals surface area contributed by atoms with Gasteiger partial charge in [-0.1, -0.05) is 42.5 Å². The molecule has 29 heavy (non-hydrogen) atoms. The Morgan fingerprint density at radius 2 is 1.83 bits per heavy atom. The van der Waals surface area contributed by atoms with Crippen LogP contribution in [0.2, 0.25) is 0 Å². The largest absolute Gasteiger partial charge is 0.488 e. The molecule has 0 spiro atoms. The zero-order chi connectivity index (χ0) is 19.6. The topological polar surface area (TPSA) is 47.4 Å². The Morgan fingerprint density at radius 1 is 1.03 bits per heavy atom. The van der Waals surface area contributed by atoms with E-state index in [9.17, 15) is 4.79 Å². The van der Waals surface area contributed by atoms with Gasteiger partial charge in [0.2, 0.25) is 5.91 Å². The number of imidazole rings is 1. The van der Waals surface area contributed by atoms with Crippen LogP contribution in [0.1, 0.15) is 24.8 Å². The van der Waals surface area contributed by atoms with E-state index in [1.54, 1.807) is 0 Å². The molecule has 1 aromatic heterocycles. The summed E-state index contributed by atoms with van der Waals surface area (Å²) in [5.41, 5.74) is 2.12. The molecule has 1 saturated carbocycles. The first-order valence-corrected chi connectivity index (χ1v) is 10.3. The minimum absolute atomic E-state index is 0.311. The smallest absolute Gasteiger partial charge is 0.223 e. The molecule has 1 saturated heterocycles. The molecule has 0 N–H and O–H groups in total. The van der Waals surface area contributed by atoms with Gasteiger partial charge in [0.15, 0.2) is 0 Å². The van der Waals surface area contributed by atoms with E-state index in [1.165, 1.54) is 12.8 Å². The summed E-state index contributed by atoms with van der Waals surface area (Å²) in [6.45, 7) is 2.19. The molecular weight excluding hydrogens is 362 g/mol. The molecule has 1 unspecified atom stereocenters. The zero-order valence-corrected chi connectivity index (χ0v) is 16.4. The zero-order valence-electron chi connectivity index (χ0n) is 16.4. The van der Waals surface area contributed by atoms with Crippen molar-refractivity contribution in [2.24, 2.45) is 5.92 Å². The number of benzene rings is 2. The second-order valence-corrected chi connectivity index (χ2v) is 8.02. The molecule has 148 valence electrons. The summed E-state index contributed by atoms with van der Waals surface area (Å²) in [4.78, 5) is 19.0. The van der Waals surface area contributed by atoms with Crippen molar-refractivity contribution < 1.29 is 9.53 Å². The number of rotatable bonds is 7. The summed E-state index contributed by atoms with van der Waals surface area (Å²) < 4.78 is 8.30.